The van der Waals surface area contributed by atoms with E-state index in [4.69, 9.17) is 0 Å². The van der Waals surface area contributed by atoms with E-state index in [0.29, 0.717) is 0 Å². The van der Waals surface area contributed by atoms with Crippen molar-refractivity contribution >= 4 is 11.8 Å². The summed E-state index contributed by atoms with van der Waals surface area (Å²) in [5.74, 6) is -0.365. The first-order chi connectivity index (χ1) is 8.58. The number of fused-ring (bicyclic) bond motifs is 1. The summed E-state index contributed by atoms with van der Waals surface area (Å²) in [7, 11) is 0. The second kappa shape index (κ2) is 3.80. The van der Waals surface area contributed by atoms with E-state index in [1.165, 1.54) is 39.3 Å². The van der Waals surface area contributed by atoms with E-state index in [1.54, 1.807) is 0 Å². The van der Waals surface area contributed by atoms with Crippen LogP contribution in [-0.4, -0.2) is 16.7 Å². The zero-order valence-electron chi connectivity index (χ0n) is 10.6. The third kappa shape index (κ3) is 1.50. The number of carbonyl (C=O) groups excluding carboxylic acids is 2. The highest BCUT2D eigenvalue weighted by Crippen LogP contribution is 2.39. The minimum atomic E-state index is -0.183. The zero-order valence-corrected chi connectivity index (χ0v) is 10.6. The van der Waals surface area contributed by atoms with Gasteiger partial charge in [0.05, 0.1) is 6.04 Å². The first-order valence-corrected chi connectivity index (χ1v) is 6.23. The van der Waals surface area contributed by atoms with Gasteiger partial charge in [0.2, 0.25) is 0 Å². The summed E-state index contributed by atoms with van der Waals surface area (Å²) in [6, 6.07) is 4.21. The van der Waals surface area contributed by atoms with Gasteiger partial charge in [-0.25, -0.2) is 0 Å². The topological polar surface area (TPSA) is 37.4 Å². The van der Waals surface area contributed by atoms with Gasteiger partial charge >= 0.3 is 0 Å². The summed E-state index contributed by atoms with van der Waals surface area (Å²) in [5.41, 5.74) is 4.88. The molecule has 0 N–H and O–H groups in total. The van der Waals surface area contributed by atoms with Crippen LogP contribution < -0.4 is 0 Å². The molecule has 18 heavy (non-hydrogen) atoms. The van der Waals surface area contributed by atoms with Gasteiger partial charge in [-0.3, -0.25) is 14.5 Å². The molecule has 3 nitrogen and oxygen atoms in total. The molecule has 92 valence electrons. The first kappa shape index (κ1) is 11.2. The van der Waals surface area contributed by atoms with Crippen LogP contribution in [-0.2, 0) is 16.0 Å². The SMILES string of the molecule is Cc1cc(C)c2c(c1)CC[C@@H]2N1C(=O)C=CC1=O. The molecule has 0 bridgehead atoms. The Bertz CT molecular complexity index is 568. The Hall–Kier alpha value is -1.90. The minimum Gasteiger partial charge on any atom is -0.269 e. The van der Waals surface area contributed by atoms with E-state index in [9.17, 15) is 9.59 Å². The molecule has 1 aromatic rings. The van der Waals surface area contributed by atoms with Crippen molar-refractivity contribution in [1.82, 2.24) is 4.90 Å². The predicted octanol–water partition coefficient (Wildman–Crippen LogP) is 2.22. The number of nitrogens with zero attached hydrogens (tertiary/aromatic N) is 1. The third-order valence-corrected chi connectivity index (χ3v) is 3.79. The maximum Gasteiger partial charge on any atom is 0.254 e. The number of benzene rings is 1. The van der Waals surface area contributed by atoms with Gasteiger partial charge in [-0.05, 0) is 43.4 Å². The Labute approximate surface area is 106 Å². The molecule has 1 aliphatic carbocycles. The molecule has 0 fully saturated rings. The Balaban J connectivity index is 2.05. The van der Waals surface area contributed by atoms with Crippen molar-refractivity contribution in [3.05, 3.63) is 46.5 Å². The van der Waals surface area contributed by atoms with Crippen molar-refractivity contribution in [1.29, 1.82) is 0 Å². The Morgan fingerprint density at radius 3 is 2.44 bits per heavy atom. The van der Waals surface area contributed by atoms with Crippen LogP contribution in [0.1, 0.15) is 34.7 Å². The molecular formula is C15H15NO2. The van der Waals surface area contributed by atoms with Gasteiger partial charge in [-0.2, -0.15) is 0 Å². The van der Waals surface area contributed by atoms with E-state index >= 15 is 0 Å². The van der Waals surface area contributed by atoms with Crippen LogP contribution in [0.5, 0.6) is 0 Å². The van der Waals surface area contributed by atoms with Crippen LogP contribution in [0, 0.1) is 13.8 Å². The molecule has 1 aromatic carbocycles. The third-order valence-electron chi connectivity index (χ3n) is 3.79. The molecule has 0 unspecified atom stereocenters. The van der Waals surface area contributed by atoms with Crippen molar-refractivity contribution in [2.24, 2.45) is 0 Å². The van der Waals surface area contributed by atoms with Crippen molar-refractivity contribution < 1.29 is 9.59 Å². The number of carbonyl (C=O) groups is 2. The normalized spacial score (nSPS) is 21.9. The molecule has 0 aromatic heterocycles. The van der Waals surface area contributed by atoms with E-state index < -0.39 is 0 Å². The highest BCUT2D eigenvalue weighted by molar-refractivity contribution is 6.13. The molecule has 1 atom stereocenters. The maximum absolute atomic E-state index is 11.8. The quantitative estimate of drug-likeness (QED) is 0.707. The van der Waals surface area contributed by atoms with Crippen LogP contribution in [0.3, 0.4) is 0 Å². The summed E-state index contributed by atoms with van der Waals surface area (Å²) in [6.07, 6.45) is 4.52. The number of hydrogen-bond donors (Lipinski definition) is 0. The fourth-order valence-corrected chi connectivity index (χ4v) is 3.16. The summed E-state index contributed by atoms with van der Waals surface area (Å²) in [6.45, 7) is 4.14. The number of amides is 2. The van der Waals surface area contributed by atoms with Gasteiger partial charge in [0.25, 0.3) is 11.8 Å². The van der Waals surface area contributed by atoms with Crippen LogP contribution in [0.15, 0.2) is 24.3 Å². The van der Waals surface area contributed by atoms with Gasteiger partial charge in [-0.1, -0.05) is 17.7 Å². The fourth-order valence-electron chi connectivity index (χ4n) is 3.16. The Kier molecular flexibility index (Phi) is 2.37. The lowest BCUT2D eigenvalue weighted by molar-refractivity contribution is -0.139. The smallest absolute Gasteiger partial charge is 0.254 e. The van der Waals surface area contributed by atoms with Gasteiger partial charge in [0, 0.05) is 12.2 Å². The number of rotatable bonds is 1. The molecule has 1 heterocycles. The van der Waals surface area contributed by atoms with Crippen LogP contribution in [0.4, 0.5) is 0 Å². The van der Waals surface area contributed by atoms with E-state index in [2.05, 4.69) is 26.0 Å². The van der Waals surface area contributed by atoms with Crippen molar-refractivity contribution in [3.63, 3.8) is 0 Å². The fraction of sp³-hybridized carbons (Fsp3) is 0.333. The second-order valence-electron chi connectivity index (χ2n) is 5.09. The summed E-state index contributed by atoms with van der Waals surface area (Å²) in [5, 5.41) is 0. The number of aryl methyl sites for hydroxylation is 3. The van der Waals surface area contributed by atoms with Crippen LogP contribution in [0.2, 0.25) is 0 Å². The molecule has 3 heteroatoms. The van der Waals surface area contributed by atoms with Gasteiger partial charge in [-0.15, -0.1) is 0 Å². The average Bonchev–Trinajstić information content (AvgIpc) is 2.83. The van der Waals surface area contributed by atoms with Gasteiger partial charge < -0.3 is 0 Å². The lowest BCUT2D eigenvalue weighted by Crippen LogP contribution is -2.33. The molecular weight excluding hydrogens is 226 g/mol. The molecule has 0 radical (unpaired) electrons. The Morgan fingerprint density at radius 2 is 1.78 bits per heavy atom. The van der Waals surface area contributed by atoms with E-state index in [-0.39, 0.29) is 17.9 Å². The number of hydrogen-bond acceptors (Lipinski definition) is 2. The first-order valence-electron chi connectivity index (χ1n) is 6.23. The molecule has 0 spiro atoms. The lowest BCUT2D eigenvalue weighted by atomic mass is 9.98. The lowest BCUT2D eigenvalue weighted by Gasteiger charge is -2.24. The van der Waals surface area contributed by atoms with Gasteiger partial charge in [0.15, 0.2) is 0 Å². The second-order valence-corrected chi connectivity index (χ2v) is 5.09. The van der Waals surface area contributed by atoms with Crippen LogP contribution in [0.25, 0.3) is 0 Å². The van der Waals surface area contributed by atoms with Crippen molar-refractivity contribution in [2.75, 3.05) is 0 Å². The van der Waals surface area contributed by atoms with Crippen molar-refractivity contribution in [3.8, 4) is 0 Å². The summed E-state index contributed by atoms with van der Waals surface area (Å²) in [4.78, 5) is 25.0. The predicted molar refractivity (Wildman–Crippen MR) is 68.0 cm³/mol. The monoisotopic (exact) mass is 241 g/mol. The van der Waals surface area contributed by atoms with Crippen molar-refractivity contribution in [2.45, 2.75) is 32.7 Å². The highest BCUT2D eigenvalue weighted by Gasteiger charge is 2.36. The standard InChI is InChI=1S/C15H15NO2/c1-9-7-10(2)15-11(8-9)3-4-12(15)16-13(17)5-6-14(16)18/h5-8,12H,3-4H2,1-2H3/t12-/m0/s1. The number of imide groups is 1. The molecule has 0 saturated heterocycles. The summed E-state index contributed by atoms with van der Waals surface area (Å²) >= 11 is 0. The average molecular weight is 241 g/mol. The maximum atomic E-state index is 11.8. The minimum absolute atomic E-state index is 0.0735. The Morgan fingerprint density at radius 1 is 1.11 bits per heavy atom. The summed E-state index contributed by atoms with van der Waals surface area (Å²) < 4.78 is 0. The van der Waals surface area contributed by atoms with Gasteiger partial charge in [0.1, 0.15) is 0 Å². The molecule has 2 aliphatic rings. The molecule has 1 aliphatic heterocycles. The molecule has 2 amide bonds. The van der Waals surface area contributed by atoms with E-state index in [1.807, 2.05) is 0 Å². The molecule has 3 rings (SSSR count). The van der Waals surface area contributed by atoms with Crippen LogP contribution >= 0.6 is 0 Å². The van der Waals surface area contributed by atoms with E-state index in [0.717, 1.165) is 12.8 Å². The highest BCUT2D eigenvalue weighted by atomic mass is 16.2. The molecule has 0 saturated carbocycles. The largest absolute Gasteiger partial charge is 0.269 e. The zero-order chi connectivity index (χ0) is 12.9.